The lowest BCUT2D eigenvalue weighted by Gasteiger charge is -2.23. The lowest BCUT2D eigenvalue weighted by atomic mass is 9.93. The fourth-order valence-electron chi connectivity index (χ4n) is 3.75. The van der Waals surface area contributed by atoms with Crippen molar-refractivity contribution in [3.63, 3.8) is 0 Å². The Morgan fingerprint density at radius 3 is 1.45 bits per heavy atom. The van der Waals surface area contributed by atoms with E-state index in [1.165, 1.54) is 14.2 Å². The Hall–Kier alpha value is -3.54. The van der Waals surface area contributed by atoms with Crippen LogP contribution in [0.1, 0.15) is 11.1 Å². The van der Waals surface area contributed by atoms with E-state index in [9.17, 15) is 10.2 Å². The zero-order valence-corrected chi connectivity index (χ0v) is 19.0. The number of benzene rings is 3. The van der Waals surface area contributed by atoms with E-state index in [1.54, 1.807) is 19.2 Å². The molecule has 3 aromatic carbocycles. The summed E-state index contributed by atoms with van der Waals surface area (Å²) < 4.78 is 16.4. The van der Waals surface area contributed by atoms with Gasteiger partial charge in [0.25, 0.3) is 0 Å². The summed E-state index contributed by atoms with van der Waals surface area (Å²) in [6, 6.07) is 11.2. The second-order valence-corrected chi connectivity index (χ2v) is 7.69. The van der Waals surface area contributed by atoms with E-state index < -0.39 is 0 Å². The van der Waals surface area contributed by atoms with Gasteiger partial charge in [-0.05, 0) is 55.3 Å². The maximum absolute atomic E-state index is 10.9. The van der Waals surface area contributed by atoms with Crippen LogP contribution in [-0.4, -0.2) is 45.6 Å². The van der Waals surface area contributed by atoms with Gasteiger partial charge >= 0.3 is 0 Å². The topological polar surface area (TPSA) is 71.4 Å². The highest BCUT2D eigenvalue weighted by Gasteiger charge is 2.22. The number of aryl methyl sites for hydroxylation is 2. The fraction of sp³-hybridized carbons (Fsp3) is 0.280. The Labute approximate surface area is 183 Å². The molecular formula is C25H29NO5. The number of hydrogen-bond donors (Lipinski definition) is 2. The van der Waals surface area contributed by atoms with Gasteiger partial charge in [-0.3, -0.25) is 0 Å². The first-order valence-electron chi connectivity index (χ1n) is 9.87. The normalized spacial score (nSPS) is 10.7. The molecule has 0 heterocycles. The number of phenols is 2. The highest BCUT2D eigenvalue weighted by atomic mass is 16.5. The molecule has 0 aliphatic carbocycles. The van der Waals surface area contributed by atoms with Gasteiger partial charge in [-0.1, -0.05) is 0 Å². The average molecular weight is 424 g/mol. The summed E-state index contributed by atoms with van der Waals surface area (Å²) in [5.74, 6) is 1.46. The predicted molar refractivity (Wildman–Crippen MR) is 124 cm³/mol. The molecule has 0 aliphatic rings. The number of hydrogen-bond acceptors (Lipinski definition) is 6. The van der Waals surface area contributed by atoms with Crippen molar-refractivity contribution in [3.05, 3.63) is 47.5 Å². The Bertz CT molecular complexity index is 1120. The van der Waals surface area contributed by atoms with Gasteiger partial charge in [-0.25, -0.2) is 0 Å². The molecule has 6 heteroatoms. The molecule has 6 nitrogen and oxygen atoms in total. The highest BCUT2D eigenvalue weighted by Crippen LogP contribution is 2.48. The molecule has 0 saturated heterocycles. The van der Waals surface area contributed by atoms with E-state index in [4.69, 9.17) is 14.2 Å². The Morgan fingerprint density at radius 1 is 0.581 bits per heavy atom. The van der Waals surface area contributed by atoms with E-state index in [0.29, 0.717) is 33.9 Å². The van der Waals surface area contributed by atoms with Crippen molar-refractivity contribution < 1.29 is 24.4 Å². The summed E-state index contributed by atoms with van der Waals surface area (Å²) in [6.45, 7) is 3.88. The molecule has 2 N–H and O–H groups in total. The van der Waals surface area contributed by atoms with Gasteiger partial charge in [0.05, 0.1) is 21.3 Å². The van der Waals surface area contributed by atoms with Gasteiger partial charge in [0.15, 0.2) is 23.0 Å². The Balaban J connectivity index is 2.40. The van der Waals surface area contributed by atoms with Crippen LogP contribution in [0.3, 0.4) is 0 Å². The number of aromatic hydroxyl groups is 2. The van der Waals surface area contributed by atoms with Crippen molar-refractivity contribution in [1.29, 1.82) is 0 Å². The first-order valence-corrected chi connectivity index (χ1v) is 9.87. The lowest BCUT2D eigenvalue weighted by Crippen LogP contribution is -2.11. The van der Waals surface area contributed by atoms with Crippen LogP contribution in [0.4, 0.5) is 5.69 Å². The van der Waals surface area contributed by atoms with Crippen molar-refractivity contribution in [1.82, 2.24) is 0 Å². The standard InChI is InChI=1S/C25H29NO5/c1-14-8-18(24(27)22(10-14)30-6)16-12-17(21(29-5)13-20(16)26(3)4)19-9-15(2)11-23(31-7)25(19)28/h8-13,27-28H,1-7H3. The van der Waals surface area contributed by atoms with E-state index in [2.05, 4.69) is 0 Å². The van der Waals surface area contributed by atoms with Crippen LogP contribution >= 0.6 is 0 Å². The molecule has 0 bridgehead atoms. The van der Waals surface area contributed by atoms with Gasteiger partial charge in [-0.2, -0.15) is 0 Å². The lowest BCUT2D eigenvalue weighted by molar-refractivity contribution is 0.373. The summed E-state index contributed by atoms with van der Waals surface area (Å²) in [4.78, 5) is 1.95. The minimum atomic E-state index is 0.0287. The third-order valence-corrected chi connectivity index (χ3v) is 5.26. The molecule has 31 heavy (non-hydrogen) atoms. The number of methoxy groups -OCH3 is 3. The molecule has 0 unspecified atom stereocenters. The van der Waals surface area contributed by atoms with Crippen LogP contribution in [0, 0.1) is 13.8 Å². The predicted octanol–water partition coefficient (Wildman–Crippen LogP) is 5.14. The molecule has 0 spiro atoms. The van der Waals surface area contributed by atoms with Gasteiger partial charge in [0, 0.05) is 48.1 Å². The van der Waals surface area contributed by atoms with Crippen LogP contribution in [0.5, 0.6) is 28.7 Å². The van der Waals surface area contributed by atoms with E-state index in [1.807, 2.05) is 57.1 Å². The monoisotopic (exact) mass is 423 g/mol. The molecule has 0 fully saturated rings. The first kappa shape index (κ1) is 22.2. The SMILES string of the molecule is COc1cc(N(C)C)c(-c2cc(C)cc(OC)c2O)cc1-c1cc(C)cc(OC)c1O. The van der Waals surface area contributed by atoms with Crippen molar-refractivity contribution >= 4 is 5.69 Å². The molecule has 0 atom stereocenters. The van der Waals surface area contributed by atoms with Crippen molar-refractivity contribution in [2.75, 3.05) is 40.3 Å². The Kier molecular flexibility index (Phi) is 6.20. The van der Waals surface area contributed by atoms with Crippen molar-refractivity contribution in [3.8, 4) is 51.0 Å². The minimum Gasteiger partial charge on any atom is -0.504 e. The van der Waals surface area contributed by atoms with Gasteiger partial charge in [0.2, 0.25) is 0 Å². The van der Waals surface area contributed by atoms with Gasteiger partial charge < -0.3 is 29.3 Å². The van der Waals surface area contributed by atoms with Crippen molar-refractivity contribution in [2.45, 2.75) is 13.8 Å². The van der Waals surface area contributed by atoms with E-state index in [0.717, 1.165) is 22.4 Å². The molecule has 0 aliphatic heterocycles. The van der Waals surface area contributed by atoms with Gasteiger partial charge in [-0.15, -0.1) is 0 Å². The Morgan fingerprint density at radius 2 is 1.03 bits per heavy atom. The summed E-state index contributed by atoms with van der Waals surface area (Å²) in [6.07, 6.45) is 0. The molecule has 0 radical (unpaired) electrons. The third-order valence-electron chi connectivity index (χ3n) is 5.26. The zero-order valence-electron chi connectivity index (χ0n) is 19.0. The fourth-order valence-corrected chi connectivity index (χ4v) is 3.75. The number of rotatable bonds is 6. The molecule has 3 rings (SSSR count). The number of anilines is 1. The molecule has 3 aromatic rings. The molecule has 0 amide bonds. The summed E-state index contributed by atoms with van der Waals surface area (Å²) in [7, 11) is 8.49. The highest BCUT2D eigenvalue weighted by molar-refractivity contribution is 5.91. The quantitative estimate of drug-likeness (QED) is 0.572. The average Bonchev–Trinajstić information content (AvgIpc) is 2.75. The number of nitrogens with zero attached hydrogens (tertiary/aromatic N) is 1. The molecular weight excluding hydrogens is 394 g/mol. The maximum Gasteiger partial charge on any atom is 0.165 e. The maximum atomic E-state index is 10.9. The molecule has 0 saturated carbocycles. The number of phenolic OH excluding ortho intramolecular Hbond substituents is 2. The van der Waals surface area contributed by atoms with Crippen LogP contribution in [0.25, 0.3) is 22.3 Å². The molecule has 0 aromatic heterocycles. The zero-order chi connectivity index (χ0) is 22.9. The van der Waals surface area contributed by atoms with Crippen LogP contribution in [-0.2, 0) is 0 Å². The largest absolute Gasteiger partial charge is 0.504 e. The summed E-state index contributed by atoms with van der Waals surface area (Å²) in [5.41, 5.74) is 5.41. The van der Waals surface area contributed by atoms with Crippen LogP contribution in [0.2, 0.25) is 0 Å². The summed E-state index contributed by atoms with van der Waals surface area (Å²) in [5, 5.41) is 21.7. The number of ether oxygens (including phenoxy) is 3. The van der Waals surface area contributed by atoms with Crippen LogP contribution < -0.4 is 19.1 Å². The third kappa shape index (κ3) is 4.06. The second kappa shape index (κ2) is 8.68. The first-order chi connectivity index (χ1) is 14.7. The summed E-state index contributed by atoms with van der Waals surface area (Å²) >= 11 is 0. The van der Waals surface area contributed by atoms with E-state index >= 15 is 0 Å². The van der Waals surface area contributed by atoms with Crippen molar-refractivity contribution in [2.24, 2.45) is 0 Å². The van der Waals surface area contributed by atoms with E-state index in [-0.39, 0.29) is 11.5 Å². The minimum absolute atomic E-state index is 0.0287. The smallest absolute Gasteiger partial charge is 0.165 e. The van der Waals surface area contributed by atoms with Gasteiger partial charge in [0.1, 0.15) is 5.75 Å². The molecule has 164 valence electrons. The van der Waals surface area contributed by atoms with Crippen LogP contribution in [0.15, 0.2) is 36.4 Å². The second-order valence-electron chi connectivity index (χ2n) is 7.69.